The summed E-state index contributed by atoms with van der Waals surface area (Å²) >= 11 is 1.19. The molecule has 1 aromatic carbocycles. The quantitative estimate of drug-likeness (QED) is 0.646. The number of rotatable bonds is 5. The number of hydrogen-bond donors (Lipinski definition) is 2. The molecular formula is C17H15N5O4S. The lowest BCUT2D eigenvalue weighted by Crippen LogP contribution is -2.21. The average Bonchev–Trinajstić information content (AvgIpc) is 3.28. The summed E-state index contributed by atoms with van der Waals surface area (Å²) < 4.78 is 10.7. The van der Waals surface area contributed by atoms with E-state index in [1.807, 2.05) is 6.92 Å². The van der Waals surface area contributed by atoms with Crippen molar-refractivity contribution in [3.05, 3.63) is 45.3 Å². The first-order chi connectivity index (χ1) is 13.1. The highest BCUT2D eigenvalue weighted by atomic mass is 32.1. The number of amides is 1. The molecule has 3 N–H and O–H groups in total. The molecule has 0 bridgehead atoms. The van der Waals surface area contributed by atoms with Crippen LogP contribution in [0.15, 0.2) is 29.4 Å². The van der Waals surface area contributed by atoms with E-state index in [1.54, 1.807) is 24.3 Å². The summed E-state index contributed by atoms with van der Waals surface area (Å²) in [5.41, 5.74) is 6.75. The molecule has 4 rings (SSSR count). The first-order valence-electron chi connectivity index (χ1n) is 8.18. The zero-order chi connectivity index (χ0) is 19.0. The third kappa shape index (κ3) is 3.04. The van der Waals surface area contributed by atoms with Gasteiger partial charge in [-0.3, -0.25) is 4.79 Å². The largest absolute Gasteiger partial charge is 0.454 e. The van der Waals surface area contributed by atoms with E-state index in [0.29, 0.717) is 44.4 Å². The van der Waals surface area contributed by atoms with E-state index >= 15 is 0 Å². The van der Waals surface area contributed by atoms with Gasteiger partial charge < -0.3 is 20.5 Å². The molecule has 0 saturated carbocycles. The fraction of sp³-hybridized carbons (Fsp3) is 0.235. The molecule has 3 heterocycles. The molecule has 0 saturated heterocycles. The molecule has 1 unspecified atom stereocenters. The van der Waals surface area contributed by atoms with Gasteiger partial charge in [0.05, 0.1) is 10.6 Å². The van der Waals surface area contributed by atoms with Gasteiger partial charge in [-0.25, -0.2) is 9.97 Å². The standard InChI is InChI=1S/C17H15N5O4S/c1-2-19-15(23)12-6-9-14(20-17(18)21-16(9)27-12)13(22-24)8-3-4-10-11(5-8)26-7-25-10/h3-6,13H,2,7H2,1H3,(H,19,23)(H2,18,20,21). The summed E-state index contributed by atoms with van der Waals surface area (Å²) in [5.74, 6) is 0.928. The Balaban J connectivity index is 1.83. The predicted molar refractivity (Wildman–Crippen MR) is 100 cm³/mol. The highest BCUT2D eigenvalue weighted by molar-refractivity contribution is 7.20. The Bertz CT molecular complexity index is 1050. The molecular weight excluding hydrogens is 370 g/mol. The number of hydrogen-bond acceptors (Lipinski definition) is 9. The number of carbonyl (C=O) groups excluding carboxylic acids is 1. The van der Waals surface area contributed by atoms with Crippen LogP contribution in [0.1, 0.15) is 33.9 Å². The number of fused-ring (bicyclic) bond motifs is 2. The zero-order valence-corrected chi connectivity index (χ0v) is 15.1. The molecule has 3 aromatic rings. The van der Waals surface area contributed by atoms with Crippen molar-refractivity contribution in [3.63, 3.8) is 0 Å². The Labute approximate surface area is 157 Å². The number of nitrogens with one attached hydrogen (secondary N) is 1. The highest BCUT2D eigenvalue weighted by Gasteiger charge is 2.25. The lowest BCUT2D eigenvalue weighted by atomic mass is 10.0. The lowest BCUT2D eigenvalue weighted by molar-refractivity contribution is 0.0960. The Morgan fingerprint density at radius 2 is 2.15 bits per heavy atom. The van der Waals surface area contributed by atoms with Crippen LogP contribution in [0.5, 0.6) is 11.5 Å². The second-order valence-electron chi connectivity index (χ2n) is 5.78. The van der Waals surface area contributed by atoms with Crippen molar-refractivity contribution >= 4 is 33.4 Å². The Hall–Kier alpha value is -3.27. The van der Waals surface area contributed by atoms with Gasteiger partial charge in [-0.1, -0.05) is 11.2 Å². The minimum absolute atomic E-state index is 0.0104. The van der Waals surface area contributed by atoms with Crippen molar-refractivity contribution in [1.29, 1.82) is 0 Å². The summed E-state index contributed by atoms with van der Waals surface area (Å²) in [5, 5.41) is 6.55. The summed E-state index contributed by atoms with van der Waals surface area (Å²) in [6, 6.07) is 5.86. The molecule has 0 spiro atoms. The molecule has 0 aliphatic carbocycles. The number of carbonyl (C=O) groups is 1. The third-order valence-corrected chi connectivity index (χ3v) is 5.11. The molecule has 27 heavy (non-hydrogen) atoms. The first kappa shape index (κ1) is 17.2. The van der Waals surface area contributed by atoms with Crippen molar-refractivity contribution in [2.75, 3.05) is 19.1 Å². The van der Waals surface area contributed by atoms with Crippen molar-refractivity contribution in [1.82, 2.24) is 15.3 Å². The van der Waals surface area contributed by atoms with Crippen LogP contribution >= 0.6 is 11.3 Å². The van der Waals surface area contributed by atoms with Crippen LogP contribution < -0.4 is 20.5 Å². The van der Waals surface area contributed by atoms with E-state index in [0.717, 1.165) is 0 Å². The smallest absolute Gasteiger partial charge is 0.261 e. The van der Waals surface area contributed by atoms with Crippen molar-refractivity contribution in [3.8, 4) is 11.5 Å². The number of nitroso groups, excluding NO2 is 1. The van der Waals surface area contributed by atoms with Crippen LogP contribution in [0.2, 0.25) is 0 Å². The maximum atomic E-state index is 12.2. The van der Waals surface area contributed by atoms with Crippen molar-refractivity contribution < 1.29 is 14.3 Å². The van der Waals surface area contributed by atoms with Crippen LogP contribution in [0.25, 0.3) is 10.2 Å². The second kappa shape index (κ2) is 6.80. The van der Waals surface area contributed by atoms with Gasteiger partial charge in [-0.15, -0.1) is 16.2 Å². The normalized spacial score (nSPS) is 13.5. The maximum absolute atomic E-state index is 12.2. The van der Waals surface area contributed by atoms with Crippen LogP contribution in [0.3, 0.4) is 0 Å². The van der Waals surface area contributed by atoms with Crippen LogP contribution in [0, 0.1) is 4.91 Å². The van der Waals surface area contributed by atoms with Gasteiger partial charge in [-0.05, 0) is 30.7 Å². The topological polar surface area (TPSA) is 129 Å². The molecule has 138 valence electrons. The predicted octanol–water partition coefficient (Wildman–Crippen LogP) is 2.61. The monoisotopic (exact) mass is 385 g/mol. The number of aromatic nitrogens is 2. The van der Waals surface area contributed by atoms with E-state index < -0.39 is 6.04 Å². The average molecular weight is 385 g/mol. The number of anilines is 1. The van der Waals surface area contributed by atoms with Crippen LogP contribution in [-0.4, -0.2) is 29.2 Å². The Morgan fingerprint density at radius 1 is 1.33 bits per heavy atom. The number of ether oxygens (including phenoxy) is 2. The van der Waals surface area contributed by atoms with Gasteiger partial charge >= 0.3 is 0 Å². The highest BCUT2D eigenvalue weighted by Crippen LogP contribution is 2.39. The number of nitrogens with zero attached hydrogens (tertiary/aromatic N) is 3. The van der Waals surface area contributed by atoms with Gasteiger partial charge in [0.25, 0.3) is 5.91 Å². The van der Waals surface area contributed by atoms with Crippen LogP contribution in [0.4, 0.5) is 5.95 Å². The van der Waals surface area contributed by atoms with E-state index in [4.69, 9.17) is 15.2 Å². The van der Waals surface area contributed by atoms with Crippen molar-refractivity contribution in [2.24, 2.45) is 5.18 Å². The van der Waals surface area contributed by atoms with E-state index in [1.165, 1.54) is 11.3 Å². The lowest BCUT2D eigenvalue weighted by Gasteiger charge is -2.11. The maximum Gasteiger partial charge on any atom is 0.261 e. The van der Waals surface area contributed by atoms with Gasteiger partial charge in [0.1, 0.15) is 4.83 Å². The minimum atomic E-state index is -0.927. The van der Waals surface area contributed by atoms with Crippen molar-refractivity contribution in [2.45, 2.75) is 13.0 Å². The molecule has 0 radical (unpaired) electrons. The Morgan fingerprint density at radius 3 is 2.93 bits per heavy atom. The molecule has 10 heteroatoms. The molecule has 1 amide bonds. The van der Waals surface area contributed by atoms with Gasteiger partial charge in [0, 0.05) is 11.9 Å². The third-order valence-electron chi connectivity index (χ3n) is 4.08. The molecule has 1 aliphatic heterocycles. The van der Waals surface area contributed by atoms with Gasteiger partial charge in [0.15, 0.2) is 17.5 Å². The SMILES string of the molecule is CCNC(=O)c1cc2c(C(N=O)c3ccc4c(c3)OCO4)nc(N)nc2s1. The second-order valence-corrected chi connectivity index (χ2v) is 6.81. The minimum Gasteiger partial charge on any atom is -0.454 e. The zero-order valence-electron chi connectivity index (χ0n) is 14.3. The van der Waals surface area contributed by atoms with Crippen LogP contribution in [-0.2, 0) is 0 Å². The van der Waals surface area contributed by atoms with E-state index in [-0.39, 0.29) is 18.6 Å². The molecule has 1 aliphatic rings. The molecule has 1 atom stereocenters. The van der Waals surface area contributed by atoms with Gasteiger partial charge in [-0.2, -0.15) is 0 Å². The number of benzene rings is 1. The number of nitrogen functional groups attached to an aromatic ring is 1. The number of nitrogens with two attached hydrogens (primary N) is 1. The Kier molecular flexibility index (Phi) is 4.32. The fourth-order valence-corrected chi connectivity index (χ4v) is 3.84. The molecule has 9 nitrogen and oxygen atoms in total. The van der Waals surface area contributed by atoms with E-state index in [2.05, 4.69) is 20.5 Å². The summed E-state index contributed by atoms with van der Waals surface area (Å²) in [6.45, 7) is 2.47. The van der Waals surface area contributed by atoms with E-state index in [9.17, 15) is 9.70 Å². The first-order valence-corrected chi connectivity index (χ1v) is 8.99. The molecule has 0 fully saturated rings. The summed E-state index contributed by atoms with van der Waals surface area (Å²) in [7, 11) is 0. The fourth-order valence-electron chi connectivity index (χ4n) is 2.88. The number of thiophene rings is 1. The summed E-state index contributed by atoms with van der Waals surface area (Å²) in [4.78, 5) is 33.3. The molecule has 2 aromatic heterocycles. The van der Waals surface area contributed by atoms with Gasteiger partial charge in [0.2, 0.25) is 12.7 Å². The summed E-state index contributed by atoms with van der Waals surface area (Å²) in [6.07, 6.45) is 0.